The molecular weight excluding hydrogens is 262 g/mol. The Bertz CT molecular complexity index is 502. The van der Waals surface area contributed by atoms with Crippen LogP contribution in [0.1, 0.15) is 23.7 Å². The highest BCUT2D eigenvalue weighted by molar-refractivity contribution is 5.95. The zero-order chi connectivity index (χ0) is 15.3. The number of nitro groups is 1. The smallest absolute Gasteiger partial charge is 0.342 e. The lowest BCUT2D eigenvalue weighted by molar-refractivity contribution is -0.384. The summed E-state index contributed by atoms with van der Waals surface area (Å²) >= 11 is 0. The SMILES string of the molecule is CC(CCN(C)C)Nc1cccc(C(=O)O)c1[N+](=O)[O-]. The molecule has 7 heteroatoms. The van der Waals surface area contributed by atoms with E-state index in [1.165, 1.54) is 18.2 Å². The van der Waals surface area contributed by atoms with Crippen LogP contribution < -0.4 is 5.32 Å². The maximum Gasteiger partial charge on any atom is 0.342 e. The van der Waals surface area contributed by atoms with Crippen LogP contribution in [0.25, 0.3) is 0 Å². The van der Waals surface area contributed by atoms with E-state index in [4.69, 9.17) is 5.11 Å². The van der Waals surface area contributed by atoms with Crippen LogP contribution >= 0.6 is 0 Å². The average Bonchev–Trinajstić information content (AvgIpc) is 2.35. The third kappa shape index (κ3) is 4.20. The quantitative estimate of drug-likeness (QED) is 0.586. The van der Waals surface area contributed by atoms with Crippen molar-refractivity contribution in [2.24, 2.45) is 0 Å². The summed E-state index contributed by atoms with van der Waals surface area (Å²) in [5, 5.41) is 23.1. The lowest BCUT2D eigenvalue weighted by Gasteiger charge is -2.18. The number of rotatable bonds is 7. The van der Waals surface area contributed by atoms with E-state index in [0.717, 1.165) is 13.0 Å². The number of nitro benzene ring substituents is 1. The number of benzene rings is 1. The van der Waals surface area contributed by atoms with Crippen LogP contribution in [0.3, 0.4) is 0 Å². The first kappa shape index (κ1) is 15.9. The third-order valence-corrected chi connectivity index (χ3v) is 2.86. The van der Waals surface area contributed by atoms with Crippen molar-refractivity contribution in [1.82, 2.24) is 4.90 Å². The highest BCUT2D eigenvalue weighted by Crippen LogP contribution is 2.29. The van der Waals surface area contributed by atoms with Crippen molar-refractivity contribution < 1.29 is 14.8 Å². The molecule has 0 heterocycles. The topological polar surface area (TPSA) is 95.7 Å². The monoisotopic (exact) mass is 281 g/mol. The largest absolute Gasteiger partial charge is 0.477 e. The Morgan fingerprint density at radius 2 is 2.15 bits per heavy atom. The molecule has 110 valence electrons. The van der Waals surface area contributed by atoms with Gasteiger partial charge in [0.2, 0.25) is 0 Å². The van der Waals surface area contributed by atoms with Gasteiger partial charge in [-0.3, -0.25) is 10.1 Å². The molecule has 0 aliphatic heterocycles. The number of carbonyl (C=O) groups is 1. The Morgan fingerprint density at radius 1 is 1.50 bits per heavy atom. The van der Waals surface area contributed by atoms with E-state index < -0.39 is 16.6 Å². The van der Waals surface area contributed by atoms with Crippen LogP contribution in [0.5, 0.6) is 0 Å². The summed E-state index contributed by atoms with van der Waals surface area (Å²) < 4.78 is 0. The van der Waals surface area contributed by atoms with Gasteiger partial charge in [0.25, 0.3) is 0 Å². The maximum absolute atomic E-state index is 11.1. The van der Waals surface area contributed by atoms with Crippen molar-refractivity contribution in [1.29, 1.82) is 0 Å². The number of hydrogen-bond donors (Lipinski definition) is 2. The third-order valence-electron chi connectivity index (χ3n) is 2.86. The number of aromatic carboxylic acids is 1. The molecule has 7 nitrogen and oxygen atoms in total. The van der Waals surface area contributed by atoms with E-state index in [1.54, 1.807) is 0 Å². The van der Waals surface area contributed by atoms with Crippen molar-refractivity contribution in [2.75, 3.05) is 26.0 Å². The van der Waals surface area contributed by atoms with Gasteiger partial charge in [0.1, 0.15) is 11.3 Å². The number of nitrogens with zero attached hydrogens (tertiary/aromatic N) is 2. The van der Waals surface area contributed by atoms with Gasteiger partial charge >= 0.3 is 11.7 Å². The molecule has 0 saturated heterocycles. The van der Waals surface area contributed by atoms with Crippen LogP contribution in [-0.4, -0.2) is 47.6 Å². The molecule has 1 aromatic rings. The van der Waals surface area contributed by atoms with E-state index in [9.17, 15) is 14.9 Å². The molecule has 0 aliphatic carbocycles. The standard InChI is InChI=1S/C13H19N3O4/c1-9(7-8-15(2)3)14-11-6-4-5-10(13(17)18)12(11)16(19)20/h4-6,9,14H,7-8H2,1-3H3,(H,17,18). The summed E-state index contributed by atoms with van der Waals surface area (Å²) in [6, 6.07) is 4.25. The molecule has 0 amide bonds. The fraction of sp³-hybridized carbons (Fsp3) is 0.462. The molecule has 0 bridgehead atoms. The molecule has 20 heavy (non-hydrogen) atoms. The summed E-state index contributed by atoms with van der Waals surface area (Å²) in [6.45, 7) is 2.74. The number of anilines is 1. The van der Waals surface area contributed by atoms with Gasteiger partial charge in [0, 0.05) is 6.04 Å². The van der Waals surface area contributed by atoms with Crippen LogP contribution in [-0.2, 0) is 0 Å². The van der Waals surface area contributed by atoms with Gasteiger partial charge < -0.3 is 15.3 Å². The Kier molecular flexibility index (Phi) is 5.45. The van der Waals surface area contributed by atoms with E-state index in [2.05, 4.69) is 5.32 Å². The lowest BCUT2D eigenvalue weighted by atomic mass is 10.1. The molecule has 1 atom stereocenters. The van der Waals surface area contributed by atoms with Gasteiger partial charge in [0.05, 0.1) is 4.92 Å². The molecular formula is C13H19N3O4. The van der Waals surface area contributed by atoms with Crippen molar-refractivity contribution in [2.45, 2.75) is 19.4 Å². The second kappa shape index (κ2) is 6.85. The molecule has 0 radical (unpaired) electrons. The zero-order valence-electron chi connectivity index (χ0n) is 11.8. The average molecular weight is 281 g/mol. The highest BCUT2D eigenvalue weighted by atomic mass is 16.6. The van der Waals surface area contributed by atoms with Crippen LogP contribution in [0.4, 0.5) is 11.4 Å². The number of carboxylic acids is 1. The fourth-order valence-electron chi connectivity index (χ4n) is 1.82. The molecule has 1 unspecified atom stereocenters. The molecule has 0 fully saturated rings. The predicted molar refractivity (Wildman–Crippen MR) is 76.3 cm³/mol. The van der Waals surface area contributed by atoms with Gasteiger partial charge in [-0.1, -0.05) is 6.07 Å². The van der Waals surface area contributed by atoms with E-state index >= 15 is 0 Å². The van der Waals surface area contributed by atoms with Crippen LogP contribution in [0.15, 0.2) is 18.2 Å². The Hall–Kier alpha value is -2.15. The number of hydrogen-bond acceptors (Lipinski definition) is 5. The van der Waals surface area contributed by atoms with Gasteiger partial charge in [-0.15, -0.1) is 0 Å². The summed E-state index contributed by atoms with van der Waals surface area (Å²) in [5.74, 6) is -1.30. The summed E-state index contributed by atoms with van der Waals surface area (Å²) in [6.07, 6.45) is 0.793. The second-order valence-electron chi connectivity index (χ2n) is 4.90. The van der Waals surface area contributed by atoms with Gasteiger partial charge in [-0.05, 0) is 46.1 Å². The van der Waals surface area contributed by atoms with Crippen molar-refractivity contribution in [3.05, 3.63) is 33.9 Å². The summed E-state index contributed by atoms with van der Waals surface area (Å²) in [4.78, 5) is 23.5. The molecule has 0 aliphatic rings. The first-order valence-corrected chi connectivity index (χ1v) is 6.25. The van der Waals surface area contributed by atoms with E-state index in [1.807, 2.05) is 25.9 Å². The number of nitrogens with one attached hydrogen (secondary N) is 1. The molecule has 1 rings (SSSR count). The van der Waals surface area contributed by atoms with Crippen molar-refractivity contribution in [3.8, 4) is 0 Å². The van der Waals surface area contributed by atoms with Crippen molar-refractivity contribution in [3.63, 3.8) is 0 Å². The first-order chi connectivity index (χ1) is 9.32. The minimum atomic E-state index is -1.30. The fourth-order valence-corrected chi connectivity index (χ4v) is 1.82. The normalized spacial score (nSPS) is 12.2. The van der Waals surface area contributed by atoms with Crippen LogP contribution in [0.2, 0.25) is 0 Å². The van der Waals surface area contributed by atoms with Crippen molar-refractivity contribution >= 4 is 17.3 Å². The number of carboxylic acid groups (broad SMARTS) is 1. The number of para-hydroxylation sites is 1. The summed E-state index contributed by atoms with van der Waals surface area (Å²) in [5.41, 5.74) is -0.460. The minimum absolute atomic E-state index is 0.000134. The van der Waals surface area contributed by atoms with E-state index in [-0.39, 0.29) is 17.3 Å². The first-order valence-electron chi connectivity index (χ1n) is 6.25. The Balaban J connectivity index is 2.97. The Labute approximate surface area is 117 Å². The maximum atomic E-state index is 11.1. The van der Waals surface area contributed by atoms with Gasteiger partial charge in [-0.25, -0.2) is 4.79 Å². The minimum Gasteiger partial charge on any atom is -0.477 e. The molecule has 0 aromatic heterocycles. The Morgan fingerprint density at radius 3 is 2.65 bits per heavy atom. The molecule has 0 spiro atoms. The highest BCUT2D eigenvalue weighted by Gasteiger charge is 2.24. The molecule has 1 aromatic carbocycles. The molecule has 2 N–H and O–H groups in total. The lowest BCUT2D eigenvalue weighted by Crippen LogP contribution is -2.23. The second-order valence-corrected chi connectivity index (χ2v) is 4.90. The predicted octanol–water partition coefficient (Wildman–Crippen LogP) is 2.05. The summed E-state index contributed by atoms with van der Waals surface area (Å²) in [7, 11) is 3.89. The van der Waals surface area contributed by atoms with E-state index in [0.29, 0.717) is 0 Å². The molecule has 0 saturated carbocycles. The zero-order valence-corrected chi connectivity index (χ0v) is 11.8. The van der Waals surface area contributed by atoms with Gasteiger partial charge in [0.15, 0.2) is 0 Å². The van der Waals surface area contributed by atoms with Gasteiger partial charge in [-0.2, -0.15) is 0 Å². The van der Waals surface area contributed by atoms with Crippen LogP contribution in [0, 0.1) is 10.1 Å².